The van der Waals surface area contributed by atoms with Crippen LogP contribution in [-0.2, 0) is 0 Å². The van der Waals surface area contributed by atoms with Gasteiger partial charge in [-0.15, -0.1) is 10.2 Å². The molecule has 0 aliphatic heterocycles. The number of hydrogen-bond acceptors (Lipinski definition) is 4. The monoisotopic (exact) mass is 259 g/mol. The molecular weight excluding hydrogens is 242 g/mol. The number of aromatic carboxylic acids is 1. The molecule has 0 radical (unpaired) electrons. The zero-order valence-electron chi connectivity index (χ0n) is 11.1. The molecule has 0 atom stereocenters. The van der Waals surface area contributed by atoms with Crippen molar-refractivity contribution >= 4 is 22.6 Å². The summed E-state index contributed by atoms with van der Waals surface area (Å²) in [4.78, 5) is 11.3. The predicted octanol–water partition coefficient (Wildman–Crippen LogP) is 2.93. The summed E-state index contributed by atoms with van der Waals surface area (Å²) in [5, 5.41) is 21.1. The van der Waals surface area contributed by atoms with Crippen molar-refractivity contribution in [1.82, 2.24) is 10.2 Å². The fraction of sp³-hybridized carbons (Fsp3) is 0.357. The highest BCUT2D eigenvalue weighted by Gasteiger charge is 2.18. The predicted molar refractivity (Wildman–Crippen MR) is 74.5 cm³/mol. The second-order valence-electron chi connectivity index (χ2n) is 4.40. The van der Waals surface area contributed by atoms with E-state index in [1.807, 2.05) is 24.3 Å². The van der Waals surface area contributed by atoms with E-state index >= 15 is 0 Å². The van der Waals surface area contributed by atoms with Gasteiger partial charge in [-0.2, -0.15) is 0 Å². The molecule has 2 N–H and O–H groups in total. The maximum atomic E-state index is 11.3. The third-order valence-corrected chi connectivity index (χ3v) is 3.20. The molecule has 0 fully saturated rings. The molecule has 5 heteroatoms. The molecule has 0 unspecified atom stereocenters. The van der Waals surface area contributed by atoms with E-state index in [4.69, 9.17) is 0 Å². The van der Waals surface area contributed by atoms with E-state index in [1.165, 1.54) is 0 Å². The highest BCUT2D eigenvalue weighted by molar-refractivity contribution is 6.02. The summed E-state index contributed by atoms with van der Waals surface area (Å²) in [5.41, 5.74) is 1.23. The lowest BCUT2D eigenvalue weighted by molar-refractivity contribution is 0.0690. The summed E-state index contributed by atoms with van der Waals surface area (Å²) < 4.78 is 0. The van der Waals surface area contributed by atoms with Crippen molar-refractivity contribution in [2.45, 2.75) is 32.7 Å². The molecule has 0 saturated heterocycles. The zero-order chi connectivity index (χ0) is 13.8. The standard InChI is InChI=1S/C14H17N3O2/c1-3-9(4-2)15-12-10-7-5-6-8-11(10)16-17-13(12)14(18)19/h5-9H,3-4H2,1-2H3,(H,15,16)(H,18,19). The molecule has 19 heavy (non-hydrogen) atoms. The van der Waals surface area contributed by atoms with Crippen molar-refractivity contribution in [3.8, 4) is 0 Å². The first kappa shape index (κ1) is 13.3. The van der Waals surface area contributed by atoms with Crippen molar-refractivity contribution in [2.24, 2.45) is 0 Å². The van der Waals surface area contributed by atoms with Gasteiger partial charge >= 0.3 is 5.97 Å². The Kier molecular flexibility index (Phi) is 3.94. The van der Waals surface area contributed by atoms with Crippen LogP contribution >= 0.6 is 0 Å². The number of carboxylic acid groups (broad SMARTS) is 1. The van der Waals surface area contributed by atoms with E-state index in [9.17, 15) is 9.90 Å². The normalized spacial score (nSPS) is 10.9. The lowest BCUT2D eigenvalue weighted by atomic mass is 10.1. The second kappa shape index (κ2) is 5.65. The van der Waals surface area contributed by atoms with E-state index in [1.54, 1.807) is 0 Å². The van der Waals surface area contributed by atoms with E-state index in [-0.39, 0.29) is 11.7 Å². The van der Waals surface area contributed by atoms with Crippen LogP contribution in [0.25, 0.3) is 10.9 Å². The molecule has 2 aromatic rings. The molecule has 0 aliphatic carbocycles. The van der Waals surface area contributed by atoms with Crippen LogP contribution in [0, 0.1) is 0 Å². The van der Waals surface area contributed by atoms with Crippen molar-refractivity contribution in [2.75, 3.05) is 5.32 Å². The maximum absolute atomic E-state index is 11.3. The maximum Gasteiger partial charge on any atom is 0.358 e. The minimum atomic E-state index is -1.06. The number of rotatable bonds is 5. The lowest BCUT2D eigenvalue weighted by Crippen LogP contribution is -2.20. The van der Waals surface area contributed by atoms with Crippen LogP contribution in [-0.4, -0.2) is 27.3 Å². The quantitative estimate of drug-likeness (QED) is 0.863. The van der Waals surface area contributed by atoms with Gasteiger partial charge in [0.1, 0.15) is 0 Å². The summed E-state index contributed by atoms with van der Waals surface area (Å²) >= 11 is 0. The second-order valence-corrected chi connectivity index (χ2v) is 4.40. The minimum Gasteiger partial charge on any atom is -0.476 e. The smallest absolute Gasteiger partial charge is 0.358 e. The third-order valence-electron chi connectivity index (χ3n) is 3.20. The summed E-state index contributed by atoms with van der Waals surface area (Å²) in [7, 11) is 0. The van der Waals surface area contributed by atoms with Crippen LogP contribution in [0.15, 0.2) is 24.3 Å². The van der Waals surface area contributed by atoms with Gasteiger partial charge in [0.25, 0.3) is 0 Å². The molecule has 1 heterocycles. The van der Waals surface area contributed by atoms with Crippen molar-refractivity contribution < 1.29 is 9.90 Å². The molecule has 1 aromatic carbocycles. The number of aromatic nitrogens is 2. The number of nitrogens with zero attached hydrogens (tertiary/aromatic N) is 2. The van der Waals surface area contributed by atoms with Crippen LogP contribution in [0.1, 0.15) is 37.2 Å². The van der Waals surface area contributed by atoms with Gasteiger partial charge in [0, 0.05) is 11.4 Å². The Morgan fingerprint density at radius 3 is 2.58 bits per heavy atom. The van der Waals surface area contributed by atoms with Gasteiger partial charge in [-0.25, -0.2) is 4.79 Å². The highest BCUT2D eigenvalue weighted by Crippen LogP contribution is 2.25. The molecule has 0 aliphatic rings. The fourth-order valence-electron chi connectivity index (χ4n) is 2.05. The topological polar surface area (TPSA) is 75.1 Å². The van der Waals surface area contributed by atoms with E-state index < -0.39 is 5.97 Å². The average Bonchev–Trinajstić information content (AvgIpc) is 2.44. The molecule has 0 spiro atoms. The number of anilines is 1. The van der Waals surface area contributed by atoms with E-state index in [0.29, 0.717) is 11.2 Å². The summed E-state index contributed by atoms with van der Waals surface area (Å²) in [5.74, 6) is -1.06. The summed E-state index contributed by atoms with van der Waals surface area (Å²) in [6.07, 6.45) is 1.85. The Morgan fingerprint density at radius 1 is 1.26 bits per heavy atom. The van der Waals surface area contributed by atoms with E-state index in [0.717, 1.165) is 18.2 Å². The average molecular weight is 259 g/mol. The van der Waals surface area contributed by atoms with Crippen molar-refractivity contribution in [3.05, 3.63) is 30.0 Å². The van der Waals surface area contributed by atoms with Crippen LogP contribution < -0.4 is 5.32 Å². The van der Waals surface area contributed by atoms with Gasteiger partial charge in [-0.05, 0) is 18.9 Å². The Balaban J connectivity index is 2.58. The third kappa shape index (κ3) is 2.65. The van der Waals surface area contributed by atoms with Gasteiger partial charge < -0.3 is 10.4 Å². The molecule has 0 bridgehead atoms. The lowest BCUT2D eigenvalue weighted by Gasteiger charge is -2.18. The van der Waals surface area contributed by atoms with Crippen LogP contribution in [0.3, 0.4) is 0 Å². The Hall–Kier alpha value is -2.17. The first-order valence-electron chi connectivity index (χ1n) is 6.42. The van der Waals surface area contributed by atoms with E-state index in [2.05, 4.69) is 29.4 Å². The Labute approximate surface area is 111 Å². The molecular formula is C14H17N3O2. The zero-order valence-corrected chi connectivity index (χ0v) is 11.1. The molecule has 1 aromatic heterocycles. The molecule has 100 valence electrons. The number of hydrogen-bond donors (Lipinski definition) is 2. The first-order chi connectivity index (χ1) is 9.17. The number of carbonyl (C=O) groups is 1. The Morgan fingerprint density at radius 2 is 1.95 bits per heavy atom. The number of nitrogens with one attached hydrogen (secondary N) is 1. The van der Waals surface area contributed by atoms with Crippen LogP contribution in [0.2, 0.25) is 0 Å². The molecule has 5 nitrogen and oxygen atoms in total. The highest BCUT2D eigenvalue weighted by atomic mass is 16.4. The molecule has 0 amide bonds. The van der Waals surface area contributed by atoms with Crippen molar-refractivity contribution in [1.29, 1.82) is 0 Å². The molecule has 0 saturated carbocycles. The summed E-state index contributed by atoms with van der Waals surface area (Å²) in [6, 6.07) is 7.64. The van der Waals surface area contributed by atoms with Gasteiger partial charge in [-0.3, -0.25) is 0 Å². The van der Waals surface area contributed by atoms with Crippen molar-refractivity contribution in [3.63, 3.8) is 0 Å². The Bertz CT molecular complexity index is 594. The van der Waals surface area contributed by atoms with Gasteiger partial charge in [0.2, 0.25) is 0 Å². The number of carboxylic acids is 1. The first-order valence-corrected chi connectivity index (χ1v) is 6.42. The van der Waals surface area contributed by atoms with Crippen LogP contribution in [0.5, 0.6) is 0 Å². The SMILES string of the molecule is CCC(CC)Nc1c(C(=O)O)nnc2ccccc12. The van der Waals surface area contributed by atoms with Crippen LogP contribution in [0.4, 0.5) is 5.69 Å². The van der Waals surface area contributed by atoms with Gasteiger partial charge in [0.15, 0.2) is 5.69 Å². The number of benzene rings is 1. The number of fused-ring (bicyclic) bond motifs is 1. The largest absolute Gasteiger partial charge is 0.476 e. The fourth-order valence-corrected chi connectivity index (χ4v) is 2.05. The summed E-state index contributed by atoms with van der Waals surface area (Å²) in [6.45, 7) is 4.14. The van der Waals surface area contributed by atoms with Gasteiger partial charge in [0.05, 0.1) is 11.2 Å². The minimum absolute atomic E-state index is 0.0226. The molecule has 2 rings (SSSR count). The van der Waals surface area contributed by atoms with Gasteiger partial charge in [-0.1, -0.05) is 32.0 Å².